The van der Waals surface area contributed by atoms with Gasteiger partial charge in [0.15, 0.2) is 0 Å². The number of nitrogens with one attached hydrogen (secondary N) is 1. The van der Waals surface area contributed by atoms with E-state index in [1.165, 1.54) is 4.90 Å². The van der Waals surface area contributed by atoms with Crippen LogP contribution in [0, 0.1) is 6.92 Å². The van der Waals surface area contributed by atoms with Crippen molar-refractivity contribution in [1.29, 1.82) is 0 Å². The molecule has 0 radical (unpaired) electrons. The van der Waals surface area contributed by atoms with Gasteiger partial charge in [0, 0.05) is 28.2 Å². The molecule has 0 aliphatic heterocycles. The SMILES string of the molecule is CC[C@@H](C(=O)NC1CCCC1)N(Cc1c(Cl)cccc1Cl)C(=O)CN(c1ccccc1C)S(C)(=O)=O. The Balaban J connectivity index is 1.98. The van der Waals surface area contributed by atoms with Crippen LogP contribution in [-0.2, 0) is 26.2 Å². The number of para-hydroxylation sites is 1. The number of anilines is 1. The van der Waals surface area contributed by atoms with Gasteiger partial charge in [-0.25, -0.2) is 8.42 Å². The average molecular weight is 555 g/mol. The molecule has 0 heterocycles. The van der Waals surface area contributed by atoms with E-state index in [9.17, 15) is 18.0 Å². The molecule has 1 fully saturated rings. The van der Waals surface area contributed by atoms with Crippen molar-refractivity contribution in [2.75, 3.05) is 17.1 Å². The molecule has 7 nitrogen and oxygen atoms in total. The zero-order valence-electron chi connectivity index (χ0n) is 20.8. The van der Waals surface area contributed by atoms with Crippen LogP contribution in [0.2, 0.25) is 10.0 Å². The third-order valence-electron chi connectivity index (χ3n) is 6.54. The number of hydrogen-bond acceptors (Lipinski definition) is 4. The summed E-state index contributed by atoms with van der Waals surface area (Å²) in [6, 6.07) is 11.3. The van der Waals surface area contributed by atoms with Crippen LogP contribution in [0.25, 0.3) is 0 Å². The second kappa shape index (κ2) is 12.3. The zero-order chi connectivity index (χ0) is 26.5. The maximum Gasteiger partial charge on any atom is 0.244 e. The summed E-state index contributed by atoms with van der Waals surface area (Å²) < 4.78 is 26.6. The van der Waals surface area contributed by atoms with Gasteiger partial charge in [-0.3, -0.25) is 13.9 Å². The average Bonchev–Trinajstić information content (AvgIpc) is 3.32. The molecule has 2 aromatic carbocycles. The molecular formula is C26H33Cl2N3O4S. The maximum absolute atomic E-state index is 13.8. The van der Waals surface area contributed by atoms with Crippen LogP contribution in [-0.4, -0.2) is 50.0 Å². The lowest BCUT2D eigenvalue weighted by molar-refractivity contribution is -0.140. The van der Waals surface area contributed by atoms with Gasteiger partial charge in [-0.1, -0.05) is 67.2 Å². The third-order valence-corrected chi connectivity index (χ3v) is 8.38. The minimum Gasteiger partial charge on any atom is -0.352 e. The predicted octanol–water partition coefficient (Wildman–Crippen LogP) is 4.93. The summed E-state index contributed by atoms with van der Waals surface area (Å²) in [7, 11) is -3.80. The highest BCUT2D eigenvalue weighted by molar-refractivity contribution is 7.92. The molecule has 1 aliphatic carbocycles. The number of aryl methyl sites for hydroxylation is 1. The van der Waals surface area contributed by atoms with Crippen molar-refractivity contribution < 1.29 is 18.0 Å². The van der Waals surface area contributed by atoms with Crippen LogP contribution in [0.4, 0.5) is 5.69 Å². The van der Waals surface area contributed by atoms with Crippen molar-refractivity contribution in [2.24, 2.45) is 0 Å². The van der Waals surface area contributed by atoms with E-state index >= 15 is 0 Å². The van der Waals surface area contributed by atoms with Gasteiger partial charge in [0.2, 0.25) is 21.8 Å². The Morgan fingerprint density at radius 2 is 1.67 bits per heavy atom. The summed E-state index contributed by atoms with van der Waals surface area (Å²) in [5, 5.41) is 3.81. The third kappa shape index (κ3) is 6.93. The zero-order valence-corrected chi connectivity index (χ0v) is 23.2. The molecule has 0 unspecified atom stereocenters. The monoisotopic (exact) mass is 553 g/mol. The van der Waals surface area contributed by atoms with Crippen LogP contribution < -0.4 is 9.62 Å². The first-order valence-electron chi connectivity index (χ1n) is 12.1. The van der Waals surface area contributed by atoms with Crippen LogP contribution >= 0.6 is 23.2 Å². The van der Waals surface area contributed by atoms with Crippen molar-refractivity contribution in [2.45, 2.75) is 64.6 Å². The van der Waals surface area contributed by atoms with Gasteiger partial charge in [0.1, 0.15) is 12.6 Å². The summed E-state index contributed by atoms with van der Waals surface area (Å²) >= 11 is 12.8. The Bertz CT molecular complexity index is 1180. The Morgan fingerprint density at radius 3 is 2.22 bits per heavy atom. The summed E-state index contributed by atoms with van der Waals surface area (Å²) in [5.74, 6) is -0.782. The van der Waals surface area contributed by atoms with E-state index in [0.29, 0.717) is 33.3 Å². The predicted molar refractivity (Wildman–Crippen MR) is 145 cm³/mol. The summed E-state index contributed by atoms with van der Waals surface area (Å²) in [5.41, 5.74) is 1.62. The van der Waals surface area contributed by atoms with Gasteiger partial charge in [-0.2, -0.15) is 0 Å². The number of carbonyl (C=O) groups excluding carboxylic acids is 2. The van der Waals surface area contributed by atoms with Gasteiger partial charge < -0.3 is 10.2 Å². The highest BCUT2D eigenvalue weighted by Crippen LogP contribution is 2.28. The first-order valence-corrected chi connectivity index (χ1v) is 14.7. The highest BCUT2D eigenvalue weighted by atomic mass is 35.5. The van der Waals surface area contributed by atoms with E-state index in [0.717, 1.165) is 36.2 Å². The fourth-order valence-electron chi connectivity index (χ4n) is 4.58. The lowest BCUT2D eigenvalue weighted by Gasteiger charge is -2.34. The molecule has 10 heteroatoms. The van der Waals surface area contributed by atoms with Crippen molar-refractivity contribution in [3.8, 4) is 0 Å². The molecule has 2 aromatic rings. The number of halogens is 2. The minimum absolute atomic E-state index is 0.0285. The molecule has 1 saturated carbocycles. The van der Waals surface area contributed by atoms with Crippen molar-refractivity contribution in [1.82, 2.24) is 10.2 Å². The van der Waals surface area contributed by atoms with E-state index in [4.69, 9.17) is 23.2 Å². The molecule has 196 valence electrons. The molecule has 1 atom stereocenters. The Morgan fingerprint density at radius 1 is 1.06 bits per heavy atom. The Labute approximate surface area is 223 Å². The molecule has 36 heavy (non-hydrogen) atoms. The van der Waals surface area contributed by atoms with Gasteiger partial charge in [0.25, 0.3) is 0 Å². The minimum atomic E-state index is -3.80. The van der Waals surface area contributed by atoms with E-state index in [2.05, 4.69) is 5.32 Å². The second-order valence-corrected chi connectivity index (χ2v) is 11.9. The number of amides is 2. The van der Waals surface area contributed by atoms with E-state index in [1.807, 2.05) is 6.92 Å². The fraction of sp³-hybridized carbons (Fsp3) is 0.462. The number of sulfonamides is 1. The molecule has 0 bridgehead atoms. The first kappa shape index (κ1) is 28.3. The fourth-order valence-corrected chi connectivity index (χ4v) is 6.00. The molecule has 1 aliphatic rings. The lowest BCUT2D eigenvalue weighted by atomic mass is 10.1. The molecule has 3 rings (SSSR count). The largest absolute Gasteiger partial charge is 0.352 e. The number of rotatable bonds is 10. The van der Waals surface area contributed by atoms with E-state index in [1.54, 1.807) is 49.4 Å². The Hall–Kier alpha value is -2.29. The molecule has 1 N–H and O–H groups in total. The first-order chi connectivity index (χ1) is 17.0. The molecular weight excluding hydrogens is 521 g/mol. The standard InChI is InChI=1S/C26H33Cl2N3O4S/c1-4-23(26(33)29-19-11-6-7-12-19)30(16-20-21(27)13-9-14-22(20)28)25(32)17-31(36(3,34)35)24-15-8-5-10-18(24)2/h5,8-10,13-15,19,23H,4,6-7,11-12,16-17H2,1-3H3,(H,29,33)/t23-/m0/s1. The highest BCUT2D eigenvalue weighted by Gasteiger charge is 2.34. The second-order valence-electron chi connectivity index (χ2n) is 9.19. The summed E-state index contributed by atoms with van der Waals surface area (Å²) in [6.45, 7) is 3.12. The van der Waals surface area contributed by atoms with Crippen LogP contribution in [0.3, 0.4) is 0 Å². The van der Waals surface area contributed by atoms with Crippen LogP contribution in [0.15, 0.2) is 42.5 Å². The Kier molecular flexibility index (Phi) is 9.66. The molecule has 2 amide bonds. The van der Waals surface area contributed by atoms with Gasteiger partial charge in [-0.15, -0.1) is 0 Å². The van der Waals surface area contributed by atoms with E-state index in [-0.39, 0.29) is 18.5 Å². The van der Waals surface area contributed by atoms with E-state index < -0.39 is 28.5 Å². The summed E-state index contributed by atoms with van der Waals surface area (Å²) in [6.07, 6.45) is 5.32. The van der Waals surface area contributed by atoms with Crippen molar-refractivity contribution in [3.05, 3.63) is 63.6 Å². The smallest absolute Gasteiger partial charge is 0.244 e. The van der Waals surface area contributed by atoms with Gasteiger partial charge in [-0.05, 0) is 49.9 Å². The lowest BCUT2D eigenvalue weighted by Crippen LogP contribution is -2.53. The van der Waals surface area contributed by atoms with Gasteiger partial charge >= 0.3 is 0 Å². The quantitative estimate of drug-likeness (QED) is 0.451. The maximum atomic E-state index is 13.8. The number of hydrogen-bond donors (Lipinski definition) is 1. The number of benzene rings is 2. The number of carbonyl (C=O) groups is 2. The molecule has 0 aromatic heterocycles. The summed E-state index contributed by atoms with van der Waals surface area (Å²) in [4.78, 5) is 28.5. The molecule has 0 saturated heterocycles. The van der Waals surface area contributed by atoms with Crippen molar-refractivity contribution in [3.63, 3.8) is 0 Å². The van der Waals surface area contributed by atoms with Gasteiger partial charge in [0.05, 0.1) is 11.9 Å². The topological polar surface area (TPSA) is 86.8 Å². The molecule has 0 spiro atoms. The number of nitrogens with zero attached hydrogens (tertiary/aromatic N) is 2. The normalized spacial score (nSPS) is 14.9. The van der Waals surface area contributed by atoms with Crippen molar-refractivity contribution >= 4 is 50.7 Å². The van der Waals surface area contributed by atoms with Crippen LogP contribution in [0.5, 0.6) is 0 Å². The van der Waals surface area contributed by atoms with Crippen LogP contribution in [0.1, 0.15) is 50.2 Å².